The van der Waals surface area contributed by atoms with Gasteiger partial charge in [0.2, 0.25) is 0 Å². The Kier molecular flexibility index (Phi) is 3.42. The minimum absolute atomic E-state index is 0.900. The molecule has 2 aromatic heterocycles. The zero-order valence-electron chi connectivity index (χ0n) is 14.1. The molecule has 118 valence electrons. The maximum absolute atomic E-state index is 4.77. The molecule has 0 unspecified atom stereocenters. The van der Waals surface area contributed by atoms with E-state index < -0.39 is 0 Å². The van der Waals surface area contributed by atoms with Crippen LogP contribution in [0.3, 0.4) is 0 Å². The van der Waals surface area contributed by atoms with Crippen molar-refractivity contribution < 1.29 is 0 Å². The summed E-state index contributed by atoms with van der Waals surface area (Å²) in [6.07, 6.45) is 1.86. The first kappa shape index (κ1) is 14.6. The summed E-state index contributed by atoms with van der Waals surface area (Å²) in [4.78, 5) is 4.62. The van der Waals surface area contributed by atoms with Crippen molar-refractivity contribution in [3.05, 3.63) is 77.6 Å². The number of hydrogen-bond donors (Lipinski definition) is 0. The molecule has 0 bridgehead atoms. The fourth-order valence-corrected chi connectivity index (χ4v) is 3.11. The van der Waals surface area contributed by atoms with Gasteiger partial charge in [-0.2, -0.15) is 5.10 Å². The summed E-state index contributed by atoms with van der Waals surface area (Å²) in [6.45, 7) is 6.30. The van der Waals surface area contributed by atoms with Crippen molar-refractivity contribution in [3.63, 3.8) is 0 Å². The highest BCUT2D eigenvalue weighted by molar-refractivity contribution is 5.95. The number of fused-ring (bicyclic) bond motifs is 1. The van der Waals surface area contributed by atoms with Crippen molar-refractivity contribution in [2.24, 2.45) is 0 Å². The van der Waals surface area contributed by atoms with E-state index in [2.05, 4.69) is 67.4 Å². The Morgan fingerprint density at radius 2 is 1.62 bits per heavy atom. The smallest absolute Gasteiger partial charge is 0.163 e. The first-order valence-corrected chi connectivity index (χ1v) is 8.12. The quantitative estimate of drug-likeness (QED) is 0.520. The van der Waals surface area contributed by atoms with Crippen LogP contribution in [0.1, 0.15) is 16.8 Å². The third-order valence-electron chi connectivity index (χ3n) is 4.56. The monoisotopic (exact) mass is 313 g/mol. The first-order chi connectivity index (χ1) is 11.6. The maximum atomic E-state index is 4.77. The fourth-order valence-electron chi connectivity index (χ4n) is 3.11. The van der Waals surface area contributed by atoms with E-state index in [0.29, 0.717) is 0 Å². The minimum atomic E-state index is 0.900. The lowest BCUT2D eigenvalue weighted by Gasteiger charge is -2.07. The standard InChI is InChI=1S/C21H19N3/c1-14-9-10-18(13-15(14)2)24-21-20(16(3)23-24)19(11-12-22-21)17-7-5-4-6-8-17/h4-13H,1-3H3. The topological polar surface area (TPSA) is 30.7 Å². The van der Waals surface area contributed by atoms with E-state index in [1.807, 2.05) is 23.9 Å². The van der Waals surface area contributed by atoms with Crippen LogP contribution in [0.2, 0.25) is 0 Å². The molecule has 24 heavy (non-hydrogen) atoms. The van der Waals surface area contributed by atoms with Crippen molar-refractivity contribution in [3.8, 4) is 16.8 Å². The molecule has 2 heterocycles. The molecule has 0 spiro atoms. The molecule has 0 saturated carbocycles. The lowest BCUT2D eigenvalue weighted by molar-refractivity contribution is 0.875. The van der Waals surface area contributed by atoms with Gasteiger partial charge in [0.25, 0.3) is 0 Å². The van der Waals surface area contributed by atoms with Crippen molar-refractivity contribution in [1.82, 2.24) is 14.8 Å². The fraction of sp³-hybridized carbons (Fsp3) is 0.143. The molecule has 0 N–H and O–H groups in total. The van der Waals surface area contributed by atoms with Gasteiger partial charge in [0, 0.05) is 6.20 Å². The molecular formula is C21H19N3. The lowest BCUT2D eigenvalue weighted by Crippen LogP contribution is -1.99. The van der Waals surface area contributed by atoms with Gasteiger partial charge in [0.1, 0.15) is 0 Å². The number of nitrogens with zero attached hydrogens (tertiary/aromatic N) is 3. The Balaban J connectivity index is 1.99. The van der Waals surface area contributed by atoms with Crippen LogP contribution in [0.25, 0.3) is 27.8 Å². The van der Waals surface area contributed by atoms with Crippen LogP contribution >= 0.6 is 0 Å². The Bertz CT molecular complexity index is 1030. The second kappa shape index (κ2) is 5.60. The number of pyridine rings is 1. The van der Waals surface area contributed by atoms with Crippen molar-refractivity contribution in [1.29, 1.82) is 0 Å². The summed E-state index contributed by atoms with van der Waals surface area (Å²) >= 11 is 0. The molecule has 0 aliphatic heterocycles. The lowest BCUT2D eigenvalue weighted by atomic mass is 10.0. The van der Waals surface area contributed by atoms with Crippen molar-refractivity contribution in [2.45, 2.75) is 20.8 Å². The van der Waals surface area contributed by atoms with Crippen LogP contribution in [-0.4, -0.2) is 14.8 Å². The Labute approximate surface area is 141 Å². The average molecular weight is 313 g/mol. The van der Waals surface area contributed by atoms with E-state index in [4.69, 9.17) is 5.10 Å². The van der Waals surface area contributed by atoms with E-state index >= 15 is 0 Å². The molecule has 2 aromatic carbocycles. The molecule has 4 aromatic rings. The van der Waals surface area contributed by atoms with E-state index in [9.17, 15) is 0 Å². The molecular weight excluding hydrogens is 294 g/mol. The highest BCUT2D eigenvalue weighted by Gasteiger charge is 2.15. The first-order valence-electron chi connectivity index (χ1n) is 8.12. The molecule has 3 nitrogen and oxygen atoms in total. The number of benzene rings is 2. The van der Waals surface area contributed by atoms with Gasteiger partial charge in [-0.1, -0.05) is 36.4 Å². The summed E-state index contributed by atoms with van der Waals surface area (Å²) < 4.78 is 1.95. The van der Waals surface area contributed by atoms with Gasteiger partial charge in [-0.05, 0) is 61.2 Å². The van der Waals surface area contributed by atoms with E-state index in [-0.39, 0.29) is 0 Å². The van der Waals surface area contributed by atoms with E-state index in [1.54, 1.807) is 0 Å². The molecule has 0 fully saturated rings. The second-order valence-corrected chi connectivity index (χ2v) is 6.19. The Morgan fingerprint density at radius 3 is 2.38 bits per heavy atom. The Hall–Kier alpha value is -2.94. The zero-order valence-corrected chi connectivity index (χ0v) is 14.1. The van der Waals surface area contributed by atoms with Crippen LogP contribution in [0.5, 0.6) is 0 Å². The van der Waals surface area contributed by atoms with Crippen LogP contribution in [0.15, 0.2) is 60.8 Å². The van der Waals surface area contributed by atoms with Gasteiger partial charge in [0.05, 0.1) is 16.8 Å². The van der Waals surface area contributed by atoms with Gasteiger partial charge in [-0.15, -0.1) is 0 Å². The average Bonchev–Trinajstić information content (AvgIpc) is 2.95. The summed E-state index contributed by atoms with van der Waals surface area (Å²) in [5.41, 5.74) is 7.85. The number of hydrogen-bond acceptors (Lipinski definition) is 2. The minimum Gasteiger partial charge on any atom is -0.236 e. The zero-order chi connectivity index (χ0) is 16.7. The van der Waals surface area contributed by atoms with Gasteiger partial charge in [-0.25, -0.2) is 9.67 Å². The largest absolute Gasteiger partial charge is 0.236 e. The van der Waals surface area contributed by atoms with Crippen LogP contribution in [0.4, 0.5) is 0 Å². The predicted octanol–water partition coefficient (Wildman–Crippen LogP) is 5.01. The third-order valence-corrected chi connectivity index (χ3v) is 4.56. The summed E-state index contributed by atoms with van der Waals surface area (Å²) in [6, 6.07) is 18.9. The predicted molar refractivity (Wildman–Crippen MR) is 98.5 cm³/mol. The maximum Gasteiger partial charge on any atom is 0.163 e. The van der Waals surface area contributed by atoms with Crippen molar-refractivity contribution >= 4 is 11.0 Å². The Morgan fingerprint density at radius 1 is 0.833 bits per heavy atom. The number of rotatable bonds is 2. The summed E-state index contributed by atoms with van der Waals surface area (Å²) in [7, 11) is 0. The number of aryl methyl sites for hydroxylation is 3. The summed E-state index contributed by atoms with van der Waals surface area (Å²) in [5, 5.41) is 5.88. The van der Waals surface area contributed by atoms with Gasteiger partial charge in [0.15, 0.2) is 5.65 Å². The second-order valence-electron chi connectivity index (χ2n) is 6.19. The third kappa shape index (κ3) is 2.29. The van der Waals surface area contributed by atoms with Crippen LogP contribution in [0, 0.1) is 20.8 Å². The molecule has 0 amide bonds. The van der Waals surface area contributed by atoms with Gasteiger partial charge < -0.3 is 0 Å². The van der Waals surface area contributed by atoms with Gasteiger partial charge >= 0.3 is 0 Å². The normalized spacial score (nSPS) is 11.1. The molecule has 0 aliphatic carbocycles. The highest BCUT2D eigenvalue weighted by atomic mass is 15.3. The van der Waals surface area contributed by atoms with E-state index in [0.717, 1.165) is 22.4 Å². The molecule has 0 atom stereocenters. The van der Waals surface area contributed by atoms with E-state index in [1.165, 1.54) is 22.3 Å². The van der Waals surface area contributed by atoms with Crippen molar-refractivity contribution in [2.75, 3.05) is 0 Å². The molecule has 0 radical (unpaired) electrons. The molecule has 3 heteroatoms. The SMILES string of the molecule is Cc1ccc(-n2nc(C)c3c(-c4ccccc4)ccnc32)cc1C. The highest BCUT2D eigenvalue weighted by Crippen LogP contribution is 2.31. The van der Waals surface area contributed by atoms with Gasteiger partial charge in [-0.3, -0.25) is 0 Å². The van der Waals surface area contributed by atoms with Crippen LogP contribution < -0.4 is 0 Å². The summed E-state index contributed by atoms with van der Waals surface area (Å²) in [5.74, 6) is 0. The molecule has 0 aliphatic rings. The molecule has 0 saturated heterocycles. The van der Waals surface area contributed by atoms with Crippen LogP contribution in [-0.2, 0) is 0 Å². The molecule has 4 rings (SSSR count). The number of aromatic nitrogens is 3.